The first-order valence-corrected chi connectivity index (χ1v) is 12.4. The van der Waals surface area contributed by atoms with Gasteiger partial charge in [0.1, 0.15) is 11.5 Å². The van der Waals surface area contributed by atoms with Gasteiger partial charge in [0.15, 0.2) is 11.7 Å². The van der Waals surface area contributed by atoms with Gasteiger partial charge in [-0.2, -0.15) is 0 Å². The van der Waals surface area contributed by atoms with Crippen LogP contribution in [0.4, 0.5) is 10.1 Å². The van der Waals surface area contributed by atoms with Gasteiger partial charge in [-0.25, -0.2) is 14.3 Å². The fraction of sp³-hybridized carbons (Fsp3) is 0.333. The molecule has 0 aliphatic carbocycles. The summed E-state index contributed by atoms with van der Waals surface area (Å²) < 4.78 is 25.4. The van der Waals surface area contributed by atoms with Crippen LogP contribution in [0.1, 0.15) is 12.5 Å². The number of nitrogens with one attached hydrogen (secondary N) is 2. The number of carbonyl (C=O) groups is 3. The number of halogens is 1. The van der Waals surface area contributed by atoms with E-state index in [9.17, 15) is 14.0 Å². The number of aromatic amines is 1. The fourth-order valence-corrected chi connectivity index (χ4v) is 4.73. The molecule has 2 saturated heterocycles. The molecule has 2 unspecified atom stereocenters. The number of benzene rings is 1. The standard InChI is InChI=1S/C26H28FN5O4.CH2O2/c1-3-35-25(34)22-23(33)21(15-17-16-29-24-20(17)5-4-10-28-24)36-26(22,32-13-11-31(2)12-14-32)30-19-8-6-18(27)7-9-19;2-1-3/h4-10,15-16,22,30H,3,11-14H2,1-2H3,(H,28,29);1H,(H,2,3). The normalized spacial score (nSPS) is 22.7. The van der Waals surface area contributed by atoms with E-state index >= 15 is 0 Å². The summed E-state index contributed by atoms with van der Waals surface area (Å²) in [7, 11) is 2.01. The largest absolute Gasteiger partial charge is 0.483 e. The van der Waals surface area contributed by atoms with Gasteiger partial charge in [0.2, 0.25) is 5.78 Å². The molecule has 0 amide bonds. The highest BCUT2D eigenvalue weighted by Gasteiger charge is 2.62. The zero-order valence-electron chi connectivity index (χ0n) is 21.6. The molecule has 206 valence electrons. The molecule has 0 radical (unpaired) electrons. The molecular weight excluding hydrogens is 509 g/mol. The van der Waals surface area contributed by atoms with Crippen LogP contribution in [0.25, 0.3) is 17.1 Å². The van der Waals surface area contributed by atoms with Crippen molar-refractivity contribution in [3.8, 4) is 0 Å². The van der Waals surface area contributed by atoms with E-state index in [1.54, 1.807) is 37.5 Å². The topological polar surface area (TPSA) is 137 Å². The molecule has 4 heterocycles. The second-order valence-electron chi connectivity index (χ2n) is 9.03. The summed E-state index contributed by atoms with van der Waals surface area (Å²) in [4.78, 5) is 46.9. The lowest BCUT2D eigenvalue weighted by atomic mass is 9.96. The first-order chi connectivity index (χ1) is 18.8. The number of allylic oxidation sites excluding steroid dienone is 1. The number of fused-ring (bicyclic) bond motifs is 1. The molecule has 12 heteroatoms. The fourth-order valence-electron chi connectivity index (χ4n) is 4.73. The van der Waals surface area contributed by atoms with Crippen LogP contribution in [-0.4, -0.2) is 88.8 Å². The molecule has 0 bridgehead atoms. The van der Waals surface area contributed by atoms with Crippen LogP contribution in [0.2, 0.25) is 0 Å². The Labute approximate surface area is 224 Å². The number of Topliss-reactive ketones (excluding diaryl/α,β-unsaturated/α-hetero) is 1. The van der Waals surface area contributed by atoms with Crippen molar-refractivity contribution in [3.63, 3.8) is 0 Å². The minimum atomic E-state index is -1.54. The minimum Gasteiger partial charge on any atom is -0.483 e. The van der Waals surface area contributed by atoms with Gasteiger partial charge in [-0.05, 0) is 56.4 Å². The van der Waals surface area contributed by atoms with Gasteiger partial charge >= 0.3 is 5.97 Å². The van der Waals surface area contributed by atoms with Crippen molar-refractivity contribution in [1.82, 2.24) is 19.8 Å². The third kappa shape index (κ3) is 5.76. The van der Waals surface area contributed by atoms with Crippen LogP contribution in [0.5, 0.6) is 0 Å². The minimum absolute atomic E-state index is 0.0337. The predicted octanol–water partition coefficient (Wildman–Crippen LogP) is 2.54. The van der Waals surface area contributed by atoms with Crippen molar-refractivity contribution in [2.75, 3.05) is 45.2 Å². The molecule has 3 N–H and O–H groups in total. The van der Waals surface area contributed by atoms with E-state index in [1.165, 1.54) is 12.1 Å². The Hall–Kier alpha value is -4.29. The molecule has 11 nitrogen and oxygen atoms in total. The first-order valence-electron chi connectivity index (χ1n) is 12.4. The molecular formula is C27H30FN5O6. The maximum absolute atomic E-state index is 13.8. The summed E-state index contributed by atoms with van der Waals surface area (Å²) in [5.74, 6) is -4.36. The van der Waals surface area contributed by atoms with Crippen molar-refractivity contribution in [2.24, 2.45) is 5.92 Å². The van der Waals surface area contributed by atoms with Gasteiger partial charge in [0.25, 0.3) is 12.3 Å². The number of piperazine rings is 1. The Balaban J connectivity index is 0.00000112. The molecule has 5 rings (SSSR count). The van der Waals surface area contributed by atoms with E-state index in [0.717, 1.165) is 5.39 Å². The number of aromatic nitrogens is 2. The van der Waals surface area contributed by atoms with Crippen LogP contribution in [0.15, 0.2) is 54.6 Å². The van der Waals surface area contributed by atoms with Crippen LogP contribution < -0.4 is 5.32 Å². The lowest BCUT2D eigenvalue weighted by Gasteiger charge is -2.45. The van der Waals surface area contributed by atoms with E-state index in [1.807, 2.05) is 24.1 Å². The number of ether oxygens (including phenoxy) is 2. The van der Waals surface area contributed by atoms with Gasteiger partial charge in [0, 0.05) is 55.2 Å². The highest BCUT2D eigenvalue weighted by atomic mass is 19.1. The average Bonchev–Trinajstić information content (AvgIpc) is 3.45. The third-order valence-corrected chi connectivity index (χ3v) is 6.59. The SMILES string of the molecule is CCOC(=O)C1C(=O)C(=Cc2c[nH]c3ncccc23)OC1(Nc1ccc(F)cc1)N1CCN(C)CC1.O=CO. The molecule has 2 aliphatic rings. The van der Waals surface area contributed by atoms with Crippen molar-refractivity contribution >= 4 is 41.0 Å². The number of likely N-dealkylation sites (N-methyl/N-ethyl adjacent to an activating group) is 1. The number of nitrogens with zero attached hydrogens (tertiary/aromatic N) is 3. The number of rotatable bonds is 6. The maximum Gasteiger partial charge on any atom is 0.324 e. The van der Waals surface area contributed by atoms with Gasteiger partial charge in [0.05, 0.1) is 6.61 Å². The summed E-state index contributed by atoms with van der Waals surface area (Å²) in [6.45, 7) is 4.07. The zero-order chi connectivity index (χ0) is 28.0. The Kier molecular flexibility index (Phi) is 8.57. The second kappa shape index (κ2) is 12.0. The van der Waals surface area contributed by atoms with Crippen molar-refractivity contribution in [2.45, 2.75) is 12.8 Å². The molecule has 1 aromatic carbocycles. The van der Waals surface area contributed by atoms with E-state index in [4.69, 9.17) is 19.4 Å². The molecule has 2 fully saturated rings. The van der Waals surface area contributed by atoms with E-state index in [2.05, 4.69) is 20.2 Å². The Bertz CT molecular complexity index is 1350. The summed E-state index contributed by atoms with van der Waals surface area (Å²) >= 11 is 0. The first kappa shape index (κ1) is 27.7. The number of H-pyrrole nitrogens is 1. The summed E-state index contributed by atoms with van der Waals surface area (Å²) in [5.41, 5.74) is 1.89. The lowest BCUT2D eigenvalue weighted by molar-refractivity contribution is -0.169. The van der Waals surface area contributed by atoms with Gasteiger partial charge in [-0.3, -0.25) is 14.4 Å². The highest BCUT2D eigenvalue weighted by molar-refractivity contribution is 6.13. The molecule has 0 spiro atoms. The summed E-state index contributed by atoms with van der Waals surface area (Å²) in [5, 5.41) is 11.0. The van der Waals surface area contributed by atoms with Crippen molar-refractivity contribution < 1.29 is 33.4 Å². The zero-order valence-corrected chi connectivity index (χ0v) is 21.6. The Morgan fingerprint density at radius 3 is 2.64 bits per heavy atom. The Morgan fingerprint density at radius 1 is 1.28 bits per heavy atom. The molecule has 2 aromatic heterocycles. The molecule has 3 aromatic rings. The van der Waals surface area contributed by atoms with Crippen LogP contribution in [0.3, 0.4) is 0 Å². The Morgan fingerprint density at radius 2 is 1.97 bits per heavy atom. The number of ketones is 1. The molecule has 2 aliphatic heterocycles. The van der Waals surface area contributed by atoms with E-state index < -0.39 is 29.3 Å². The number of anilines is 1. The molecule has 0 saturated carbocycles. The number of hydrogen-bond donors (Lipinski definition) is 3. The maximum atomic E-state index is 13.8. The number of hydrogen-bond acceptors (Lipinski definition) is 9. The predicted molar refractivity (Wildman–Crippen MR) is 141 cm³/mol. The number of carboxylic acid groups (broad SMARTS) is 1. The average molecular weight is 540 g/mol. The smallest absolute Gasteiger partial charge is 0.324 e. The highest BCUT2D eigenvalue weighted by Crippen LogP contribution is 2.42. The third-order valence-electron chi connectivity index (χ3n) is 6.59. The van der Waals surface area contributed by atoms with Crippen LogP contribution in [-0.2, 0) is 23.9 Å². The van der Waals surface area contributed by atoms with Gasteiger partial charge in [-0.15, -0.1) is 0 Å². The summed E-state index contributed by atoms with van der Waals surface area (Å²) in [6, 6.07) is 9.42. The number of esters is 1. The van der Waals surface area contributed by atoms with Crippen LogP contribution in [0, 0.1) is 11.7 Å². The van der Waals surface area contributed by atoms with Crippen LogP contribution >= 0.6 is 0 Å². The van der Waals surface area contributed by atoms with E-state index in [0.29, 0.717) is 43.1 Å². The monoisotopic (exact) mass is 539 g/mol. The summed E-state index contributed by atoms with van der Waals surface area (Å²) in [6.07, 6.45) is 5.04. The quantitative estimate of drug-likeness (QED) is 0.185. The number of carbonyl (C=O) groups excluding carboxylic acids is 2. The molecule has 39 heavy (non-hydrogen) atoms. The second-order valence-corrected chi connectivity index (χ2v) is 9.03. The number of pyridine rings is 1. The van der Waals surface area contributed by atoms with E-state index in [-0.39, 0.29) is 18.8 Å². The molecule has 2 atom stereocenters. The van der Waals surface area contributed by atoms with Gasteiger partial charge < -0.3 is 29.8 Å². The van der Waals surface area contributed by atoms with Crippen molar-refractivity contribution in [1.29, 1.82) is 0 Å². The van der Waals surface area contributed by atoms with Gasteiger partial charge in [-0.1, -0.05) is 0 Å². The lowest BCUT2D eigenvalue weighted by Crippen LogP contribution is -2.65. The van der Waals surface area contributed by atoms with Crippen molar-refractivity contribution in [3.05, 3.63) is 65.9 Å².